The van der Waals surface area contributed by atoms with E-state index in [1.165, 1.54) is 7.11 Å². The first-order chi connectivity index (χ1) is 13.7. The average molecular weight is 380 g/mol. The summed E-state index contributed by atoms with van der Waals surface area (Å²) in [7, 11) is 1.51. The molecule has 0 bridgehead atoms. The van der Waals surface area contributed by atoms with Crippen molar-refractivity contribution in [2.75, 3.05) is 13.7 Å². The number of fused-ring (bicyclic) bond motifs is 1. The second-order valence-electron chi connectivity index (χ2n) is 7.04. The van der Waals surface area contributed by atoms with E-state index >= 15 is 0 Å². The van der Waals surface area contributed by atoms with Gasteiger partial charge >= 0.3 is 5.97 Å². The molecular weight excluding hydrogens is 356 g/mol. The van der Waals surface area contributed by atoms with E-state index in [2.05, 4.69) is 0 Å². The highest BCUT2D eigenvalue weighted by Gasteiger charge is 2.37. The van der Waals surface area contributed by atoms with Gasteiger partial charge in [0, 0.05) is 25.0 Å². The predicted octanol–water partition coefficient (Wildman–Crippen LogP) is 3.98. The molecule has 5 nitrogen and oxygen atoms in total. The van der Waals surface area contributed by atoms with Crippen molar-refractivity contribution in [1.29, 1.82) is 0 Å². The number of methoxy groups -OCH3 is 1. The van der Waals surface area contributed by atoms with Crippen LogP contribution in [0.5, 0.6) is 0 Å². The fourth-order valence-electron chi connectivity index (χ4n) is 3.67. The van der Waals surface area contributed by atoms with Crippen LogP contribution in [-0.2, 0) is 23.7 Å². The van der Waals surface area contributed by atoms with E-state index in [-0.39, 0.29) is 24.4 Å². The van der Waals surface area contributed by atoms with Crippen LogP contribution in [0, 0.1) is 5.92 Å². The second-order valence-corrected chi connectivity index (χ2v) is 7.04. The molecule has 0 spiro atoms. The molecule has 1 saturated heterocycles. The van der Waals surface area contributed by atoms with Crippen LogP contribution in [0.1, 0.15) is 29.9 Å². The van der Waals surface area contributed by atoms with Crippen molar-refractivity contribution in [2.24, 2.45) is 5.92 Å². The van der Waals surface area contributed by atoms with E-state index in [4.69, 9.17) is 18.9 Å². The van der Waals surface area contributed by atoms with E-state index in [1.807, 2.05) is 72.8 Å². The van der Waals surface area contributed by atoms with E-state index in [0.29, 0.717) is 13.0 Å². The molecule has 2 aromatic carbocycles. The van der Waals surface area contributed by atoms with E-state index in [1.54, 1.807) is 0 Å². The molecule has 1 aliphatic heterocycles. The van der Waals surface area contributed by atoms with Crippen LogP contribution in [0.15, 0.2) is 72.8 Å². The average Bonchev–Trinajstić information content (AvgIpc) is 2.75. The van der Waals surface area contributed by atoms with Crippen LogP contribution in [-0.4, -0.2) is 31.9 Å². The zero-order chi connectivity index (χ0) is 19.3. The third-order valence-electron chi connectivity index (χ3n) is 5.14. The highest BCUT2D eigenvalue weighted by Crippen LogP contribution is 2.35. The second kappa shape index (κ2) is 8.69. The van der Waals surface area contributed by atoms with E-state index in [0.717, 1.165) is 11.1 Å². The first-order valence-corrected chi connectivity index (χ1v) is 9.53. The molecule has 5 atom stereocenters. The SMILES string of the molecule is CO[C@@H](C(=O)O[C@H]1C=C[C@@H]2COC(c3ccccc3)O[C@H]2C1)c1ccccc1. The first-order valence-electron chi connectivity index (χ1n) is 9.53. The van der Waals surface area contributed by atoms with Gasteiger partial charge in [0.1, 0.15) is 6.10 Å². The summed E-state index contributed by atoms with van der Waals surface area (Å²) < 4.78 is 23.1. The van der Waals surface area contributed by atoms with Gasteiger partial charge in [0.25, 0.3) is 0 Å². The van der Waals surface area contributed by atoms with Gasteiger partial charge in [-0.25, -0.2) is 4.79 Å². The Hall–Kier alpha value is -2.47. The van der Waals surface area contributed by atoms with Crippen LogP contribution in [0.4, 0.5) is 0 Å². The normalized spacial score (nSPS) is 27.6. The number of rotatable bonds is 5. The smallest absolute Gasteiger partial charge is 0.340 e. The Labute approximate surface area is 164 Å². The number of carbonyl (C=O) groups is 1. The van der Waals surface area contributed by atoms with Gasteiger partial charge < -0.3 is 18.9 Å². The summed E-state index contributed by atoms with van der Waals surface area (Å²) in [4.78, 5) is 12.6. The number of esters is 1. The van der Waals surface area contributed by atoms with Gasteiger partial charge in [-0.15, -0.1) is 0 Å². The lowest BCUT2D eigenvalue weighted by atomic mass is 9.90. The Kier molecular flexibility index (Phi) is 5.86. The van der Waals surface area contributed by atoms with Gasteiger partial charge in [-0.2, -0.15) is 0 Å². The fourth-order valence-corrected chi connectivity index (χ4v) is 3.67. The molecule has 1 unspecified atom stereocenters. The molecule has 1 aliphatic carbocycles. The first kappa shape index (κ1) is 18.9. The Morgan fingerprint density at radius 1 is 1.04 bits per heavy atom. The summed E-state index contributed by atoms with van der Waals surface area (Å²) in [6, 6.07) is 19.2. The standard InChI is InChI=1S/C23H24O5/c1-25-21(16-8-4-2-5-9-16)22(24)27-19-13-12-18-15-26-23(28-20(18)14-19)17-10-6-3-7-11-17/h2-13,18-21,23H,14-15H2,1H3/t18-,19+,20+,21-,23?/m1/s1. The molecule has 1 heterocycles. The van der Waals surface area contributed by atoms with Gasteiger partial charge in [0.15, 0.2) is 12.4 Å². The molecule has 0 aromatic heterocycles. The minimum absolute atomic E-state index is 0.0560. The molecule has 28 heavy (non-hydrogen) atoms. The van der Waals surface area contributed by atoms with Crippen molar-refractivity contribution in [3.05, 3.63) is 83.9 Å². The number of hydrogen-bond acceptors (Lipinski definition) is 5. The zero-order valence-electron chi connectivity index (χ0n) is 15.8. The molecule has 5 heteroatoms. The maximum atomic E-state index is 12.6. The minimum Gasteiger partial charge on any atom is -0.456 e. The van der Waals surface area contributed by atoms with Gasteiger partial charge in [0.2, 0.25) is 0 Å². The molecule has 4 rings (SSSR count). The zero-order valence-corrected chi connectivity index (χ0v) is 15.8. The largest absolute Gasteiger partial charge is 0.456 e. The fraction of sp³-hybridized carbons (Fsp3) is 0.348. The summed E-state index contributed by atoms with van der Waals surface area (Å²) >= 11 is 0. The molecule has 0 saturated carbocycles. The van der Waals surface area contributed by atoms with Gasteiger partial charge in [0.05, 0.1) is 12.7 Å². The summed E-state index contributed by atoms with van der Waals surface area (Å²) in [5.74, 6) is -0.226. The Morgan fingerprint density at radius 2 is 1.75 bits per heavy atom. The maximum absolute atomic E-state index is 12.6. The molecular formula is C23H24O5. The van der Waals surface area contributed by atoms with Crippen molar-refractivity contribution in [1.82, 2.24) is 0 Å². The highest BCUT2D eigenvalue weighted by atomic mass is 16.7. The Morgan fingerprint density at radius 3 is 2.46 bits per heavy atom. The predicted molar refractivity (Wildman–Crippen MR) is 103 cm³/mol. The quantitative estimate of drug-likeness (QED) is 0.580. The Bertz CT molecular complexity index is 804. The molecule has 2 aromatic rings. The number of ether oxygens (including phenoxy) is 4. The lowest BCUT2D eigenvalue weighted by Crippen LogP contribution is -2.41. The maximum Gasteiger partial charge on any atom is 0.340 e. The van der Waals surface area contributed by atoms with Gasteiger partial charge in [-0.05, 0) is 11.6 Å². The highest BCUT2D eigenvalue weighted by molar-refractivity contribution is 5.76. The van der Waals surface area contributed by atoms with Crippen molar-refractivity contribution in [3.8, 4) is 0 Å². The topological polar surface area (TPSA) is 54.0 Å². The summed E-state index contributed by atoms with van der Waals surface area (Å²) in [5.41, 5.74) is 1.77. The number of hydrogen-bond donors (Lipinski definition) is 0. The lowest BCUT2D eigenvalue weighted by Gasteiger charge is -2.39. The summed E-state index contributed by atoms with van der Waals surface area (Å²) in [5, 5.41) is 0. The lowest BCUT2D eigenvalue weighted by molar-refractivity contribution is -0.240. The van der Waals surface area contributed by atoms with Crippen LogP contribution >= 0.6 is 0 Å². The van der Waals surface area contributed by atoms with E-state index < -0.39 is 12.1 Å². The molecule has 0 radical (unpaired) electrons. The molecule has 146 valence electrons. The molecule has 0 N–H and O–H groups in total. The molecule has 2 aliphatic rings. The van der Waals surface area contributed by atoms with Crippen molar-refractivity contribution >= 4 is 5.97 Å². The number of benzene rings is 2. The van der Waals surface area contributed by atoms with Crippen molar-refractivity contribution in [3.63, 3.8) is 0 Å². The monoisotopic (exact) mass is 380 g/mol. The van der Waals surface area contributed by atoms with Crippen LogP contribution in [0.3, 0.4) is 0 Å². The summed E-state index contributed by atoms with van der Waals surface area (Å²) in [6.45, 7) is 0.589. The van der Waals surface area contributed by atoms with Crippen molar-refractivity contribution < 1.29 is 23.7 Å². The number of carbonyl (C=O) groups excluding carboxylic acids is 1. The van der Waals surface area contributed by atoms with Crippen LogP contribution in [0.2, 0.25) is 0 Å². The Balaban J connectivity index is 1.40. The van der Waals surface area contributed by atoms with Crippen LogP contribution < -0.4 is 0 Å². The van der Waals surface area contributed by atoms with Gasteiger partial charge in [-0.3, -0.25) is 0 Å². The molecule has 1 fully saturated rings. The third-order valence-corrected chi connectivity index (χ3v) is 5.14. The van der Waals surface area contributed by atoms with E-state index in [9.17, 15) is 4.79 Å². The minimum atomic E-state index is -0.736. The summed E-state index contributed by atoms with van der Waals surface area (Å²) in [6.07, 6.45) is 3.03. The molecule has 0 amide bonds. The van der Waals surface area contributed by atoms with Crippen LogP contribution in [0.25, 0.3) is 0 Å². The third kappa shape index (κ3) is 4.17. The van der Waals surface area contributed by atoms with Crippen molar-refractivity contribution in [2.45, 2.75) is 31.0 Å². The van der Waals surface area contributed by atoms with Gasteiger partial charge in [-0.1, -0.05) is 66.7 Å².